The van der Waals surface area contributed by atoms with E-state index in [4.69, 9.17) is 0 Å². The average Bonchev–Trinajstić information content (AvgIpc) is 2.06. The van der Waals surface area contributed by atoms with Crippen LogP contribution in [-0.2, 0) is 0 Å². The van der Waals surface area contributed by atoms with E-state index in [9.17, 15) is 13.2 Å². The fourth-order valence-corrected chi connectivity index (χ4v) is 1.63. The van der Waals surface area contributed by atoms with Crippen molar-refractivity contribution in [2.45, 2.75) is 38.0 Å². The fraction of sp³-hybridized carbons (Fsp3) is 1.00. The highest BCUT2D eigenvalue weighted by Gasteiger charge is 2.39. The molecule has 1 fully saturated rings. The van der Waals surface area contributed by atoms with Crippen molar-refractivity contribution in [3.05, 3.63) is 0 Å². The normalized spacial score (nSPS) is 22.1. The van der Waals surface area contributed by atoms with Gasteiger partial charge in [-0.2, -0.15) is 0 Å². The SMILES string of the molecule is FCC(F)(F)C1CCCCC1. The summed E-state index contributed by atoms with van der Waals surface area (Å²) in [6.45, 7) is -1.49. The molecule has 3 heteroatoms. The molecule has 0 heterocycles. The van der Waals surface area contributed by atoms with E-state index >= 15 is 0 Å². The summed E-state index contributed by atoms with van der Waals surface area (Å²) in [5.74, 6) is -3.75. The summed E-state index contributed by atoms with van der Waals surface area (Å²) in [6, 6.07) is 0. The number of hydrogen-bond acceptors (Lipinski definition) is 0. The first-order chi connectivity index (χ1) is 5.17. The van der Waals surface area contributed by atoms with E-state index < -0.39 is 18.5 Å². The fourth-order valence-electron chi connectivity index (χ4n) is 1.63. The summed E-state index contributed by atoms with van der Waals surface area (Å²) in [5.41, 5.74) is 0. The Balaban J connectivity index is 2.43. The smallest absolute Gasteiger partial charge is 0.244 e. The lowest BCUT2D eigenvalue weighted by molar-refractivity contribution is -0.0869. The van der Waals surface area contributed by atoms with Crippen LogP contribution in [0.3, 0.4) is 0 Å². The summed E-state index contributed by atoms with van der Waals surface area (Å²) >= 11 is 0. The molecular weight excluding hydrogens is 153 g/mol. The molecule has 0 atom stereocenters. The lowest BCUT2D eigenvalue weighted by Crippen LogP contribution is -2.32. The van der Waals surface area contributed by atoms with Gasteiger partial charge in [0.25, 0.3) is 5.92 Å². The van der Waals surface area contributed by atoms with E-state index in [1.165, 1.54) is 0 Å². The first-order valence-electron chi connectivity index (χ1n) is 4.10. The Morgan fingerprint density at radius 1 is 1.09 bits per heavy atom. The first kappa shape index (κ1) is 8.88. The van der Waals surface area contributed by atoms with Gasteiger partial charge in [0.1, 0.15) is 0 Å². The van der Waals surface area contributed by atoms with Crippen molar-refractivity contribution in [1.82, 2.24) is 0 Å². The summed E-state index contributed by atoms with van der Waals surface area (Å²) in [4.78, 5) is 0. The zero-order valence-corrected chi connectivity index (χ0v) is 6.45. The minimum atomic E-state index is -3.06. The lowest BCUT2D eigenvalue weighted by atomic mass is 9.85. The third kappa shape index (κ3) is 2.11. The minimum Gasteiger partial charge on any atom is -0.244 e. The van der Waals surface area contributed by atoms with Crippen LogP contribution < -0.4 is 0 Å². The van der Waals surface area contributed by atoms with Crippen LogP contribution in [0.1, 0.15) is 32.1 Å². The van der Waals surface area contributed by atoms with Crippen molar-refractivity contribution in [1.29, 1.82) is 0 Å². The molecule has 0 amide bonds. The largest absolute Gasteiger partial charge is 0.278 e. The van der Waals surface area contributed by atoms with E-state index in [1.54, 1.807) is 0 Å². The topological polar surface area (TPSA) is 0 Å². The Bertz CT molecular complexity index is 117. The highest BCUT2D eigenvalue weighted by molar-refractivity contribution is 4.79. The maximum atomic E-state index is 12.7. The third-order valence-corrected chi connectivity index (χ3v) is 2.38. The summed E-state index contributed by atoms with van der Waals surface area (Å²) < 4.78 is 37.1. The van der Waals surface area contributed by atoms with Gasteiger partial charge in [-0.05, 0) is 12.8 Å². The van der Waals surface area contributed by atoms with Gasteiger partial charge in [0.15, 0.2) is 6.67 Å². The summed E-state index contributed by atoms with van der Waals surface area (Å²) in [6.07, 6.45) is 3.69. The molecule has 1 rings (SSSR count). The second-order valence-corrected chi connectivity index (χ2v) is 3.23. The molecule has 1 saturated carbocycles. The van der Waals surface area contributed by atoms with Crippen LogP contribution in [0.15, 0.2) is 0 Å². The van der Waals surface area contributed by atoms with Gasteiger partial charge in [0.2, 0.25) is 0 Å². The molecule has 0 N–H and O–H groups in total. The molecule has 1 aliphatic rings. The maximum absolute atomic E-state index is 12.7. The summed E-state index contributed by atoms with van der Waals surface area (Å²) in [5, 5.41) is 0. The van der Waals surface area contributed by atoms with E-state index in [0.29, 0.717) is 12.8 Å². The number of hydrogen-bond donors (Lipinski definition) is 0. The van der Waals surface area contributed by atoms with E-state index in [1.807, 2.05) is 0 Å². The van der Waals surface area contributed by atoms with Crippen LogP contribution in [0.2, 0.25) is 0 Å². The lowest BCUT2D eigenvalue weighted by Gasteiger charge is -2.27. The molecule has 0 aromatic carbocycles. The van der Waals surface area contributed by atoms with Gasteiger partial charge >= 0.3 is 0 Å². The van der Waals surface area contributed by atoms with Crippen LogP contribution in [0, 0.1) is 5.92 Å². The molecule has 66 valence electrons. The Hall–Kier alpha value is -0.210. The summed E-state index contributed by atoms with van der Waals surface area (Å²) in [7, 11) is 0. The second-order valence-electron chi connectivity index (χ2n) is 3.23. The quantitative estimate of drug-likeness (QED) is 0.591. The number of alkyl halides is 3. The molecule has 0 aromatic heterocycles. The van der Waals surface area contributed by atoms with Crippen molar-refractivity contribution >= 4 is 0 Å². The van der Waals surface area contributed by atoms with Crippen molar-refractivity contribution in [3.63, 3.8) is 0 Å². The predicted molar refractivity (Wildman–Crippen MR) is 37.5 cm³/mol. The van der Waals surface area contributed by atoms with Gasteiger partial charge in [-0.3, -0.25) is 0 Å². The molecule has 0 bridgehead atoms. The van der Waals surface area contributed by atoms with Crippen molar-refractivity contribution in [2.75, 3.05) is 6.67 Å². The average molecular weight is 166 g/mol. The Morgan fingerprint density at radius 2 is 1.64 bits per heavy atom. The second kappa shape index (κ2) is 3.46. The zero-order chi connectivity index (χ0) is 8.32. The van der Waals surface area contributed by atoms with E-state index in [2.05, 4.69) is 0 Å². The van der Waals surface area contributed by atoms with Gasteiger partial charge in [0, 0.05) is 5.92 Å². The minimum absolute atomic E-state index is 0.497. The first-order valence-corrected chi connectivity index (χ1v) is 4.10. The van der Waals surface area contributed by atoms with E-state index in [0.717, 1.165) is 19.3 Å². The van der Waals surface area contributed by atoms with Crippen molar-refractivity contribution in [2.24, 2.45) is 5.92 Å². The van der Waals surface area contributed by atoms with E-state index in [-0.39, 0.29) is 0 Å². The van der Waals surface area contributed by atoms with Gasteiger partial charge in [-0.15, -0.1) is 0 Å². The molecule has 0 radical (unpaired) electrons. The van der Waals surface area contributed by atoms with Gasteiger partial charge < -0.3 is 0 Å². The van der Waals surface area contributed by atoms with Crippen molar-refractivity contribution in [3.8, 4) is 0 Å². The molecule has 0 aliphatic heterocycles. The predicted octanol–water partition coefficient (Wildman–Crippen LogP) is 3.17. The standard InChI is InChI=1S/C8H13F3/c9-6-8(10,11)7-4-2-1-3-5-7/h7H,1-6H2. The molecular formula is C8H13F3. The maximum Gasteiger partial charge on any atom is 0.278 e. The third-order valence-electron chi connectivity index (χ3n) is 2.38. The zero-order valence-electron chi connectivity index (χ0n) is 6.45. The van der Waals surface area contributed by atoms with Gasteiger partial charge in [0.05, 0.1) is 0 Å². The van der Waals surface area contributed by atoms with Crippen LogP contribution in [-0.4, -0.2) is 12.6 Å². The Labute approximate surface area is 64.8 Å². The molecule has 1 aliphatic carbocycles. The van der Waals surface area contributed by atoms with Crippen LogP contribution >= 0.6 is 0 Å². The van der Waals surface area contributed by atoms with Crippen LogP contribution in [0.4, 0.5) is 13.2 Å². The molecule has 0 aromatic rings. The monoisotopic (exact) mass is 166 g/mol. The molecule has 0 nitrogen and oxygen atoms in total. The van der Waals surface area contributed by atoms with Crippen LogP contribution in [0.25, 0.3) is 0 Å². The Morgan fingerprint density at radius 3 is 2.09 bits per heavy atom. The highest BCUT2D eigenvalue weighted by atomic mass is 19.3. The molecule has 0 unspecified atom stereocenters. The number of rotatable bonds is 2. The molecule has 11 heavy (non-hydrogen) atoms. The number of halogens is 3. The highest BCUT2D eigenvalue weighted by Crippen LogP contribution is 2.36. The van der Waals surface area contributed by atoms with Crippen LogP contribution in [0.5, 0.6) is 0 Å². The van der Waals surface area contributed by atoms with Gasteiger partial charge in [-0.1, -0.05) is 19.3 Å². The molecule has 0 spiro atoms. The Kier molecular flexibility index (Phi) is 2.79. The van der Waals surface area contributed by atoms with Crippen molar-refractivity contribution < 1.29 is 13.2 Å². The van der Waals surface area contributed by atoms with Gasteiger partial charge in [-0.25, -0.2) is 13.2 Å². The molecule has 0 saturated heterocycles.